The first-order valence-corrected chi connectivity index (χ1v) is 14.5. The van der Waals surface area contributed by atoms with Gasteiger partial charge in [0.05, 0.1) is 10.9 Å². The van der Waals surface area contributed by atoms with E-state index in [-0.39, 0.29) is 17.3 Å². The molecular weight excluding hydrogens is 482 g/mol. The van der Waals surface area contributed by atoms with Gasteiger partial charge >= 0.3 is 0 Å². The van der Waals surface area contributed by atoms with E-state index >= 15 is 0 Å². The van der Waals surface area contributed by atoms with Crippen LogP contribution in [0.4, 0.5) is 0 Å². The maximum atomic E-state index is 2.52. The number of hydrogen-bond acceptors (Lipinski definition) is 0. The maximum absolute atomic E-state index is 2.52. The van der Waals surface area contributed by atoms with Crippen molar-refractivity contribution in [2.75, 3.05) is 0 Å². The summed E-state index contributed by atoms with van der Waals surface area (Å²) in [6, 6.07) is 38.9. The average molecular weight is 517 g/mol. The second-order valence-electron chi connectivity index (χ2n) is 12.8. The largest absolute Gasteiger partial charge is 0.217 e. The highest BCUT2D eigenvalue weighted by Gasteiger charge is 2.46. The van der Waals surface area contributed by atoms with Gasteiger partial charge < -0.3 is 0 Å². The van der Waals surface area contributed by atoms with Crippen molar-refractivity contribution in [1.29, 1.82) is 0 Å². The third-order valence-electron chi connectivity index (χ3n) is 9.63. The molecule has 1 heterocycles. The van der Waals surface area contributed by atoms with Gasteiger partial charge in [-0.1, -0.05) is 106 Å². The zero-order valence-corrected chi connectivity index (χ0v) is 23.9. The molecule has 40 heavy (non-hydrogen) atoms. The lowest BCUT2D eigenvalue weighted by molar-refractivity contribution is -0.634. The van der Waals surface area contributed by atoms with Gasteiger partial charge in [0.25, 0.3) is 0 Å². The molecule has 9 rings (SSSR count). The van der Waals surface area contributed by atoms with E-state index < -0.39 is 0 Å². The Morgan fingerprint density at radius 1 is 0.575 bits per heavy atom. The maximum Gasteiger partial charge on any atom is 0.217 e. The second-order valence-corrected chi connectivity index (χ2v) is 12.8. The number of pyridine rings is 1. The van der Waals surface area contributed by atoms with E-state index in [4.69, 9.17) is 0 Å². The minimum Gasteiger partial charge on any atom is -0.194 e. The van der Waals surface area contributed by atoms with Crippen LogP contribution in [0.1, 0.15) is 77.1 Å². The molecule has 1 heteroatoms. The van der Waals surface area contributed by atoms with E-state index in [0.717, 1.165) is 0 Å². The second kappa shape index (κ2) is 8.15. The van der Waals surface area contributed by atoms with Gasteiger partial charge in [-0.3, -0.25) is 0 Å². The number of benzene rings is 5. The summed E-state index contributed by atoms with van der Waals surface area (Å²) in [5.41, 5.74) is 15.7. The van der Waals surface area contributed by atoms with Crippen LogP contribution in [0.15, 0.2) is 103 Å². The van der Waals surface area contributed by atoms with Crippen LogP contribution in [0.25, 0.3) is 32.9 Å². The van der Waals surface area contributed by atoms with Crippen molar-refractivity contribution >= 4 is 21.7 Å². The first-order valence-electron chi connectivity index (χ1n) is 14.5. The van der Waals surface area contributed by atoms with Gasteiger partial charge in [-0.15, -0.1) is 0 Å². The number of nitrogens with zero attached hydrogens (tertiary/aromatic N) is 1. The predicted molar refractivity (Wildman–Crippen MR) is 166 cm³/mol. The van der Waals surface area contributed by atoms with Crippen LogP contribution in [-0.4, -0.2) is 0 Å². The molecular formula is C39H34N+. The fourth-order valence-corrected chi connectivity index (χ4v) is 7.91. The monoisotopic (exact) mass is 516 g/mol. The molecule has 1 aromatic heterocycles. The van der Waals surface area contributed by atoms with Gasteiger partial charge in [-0.2, -0.15) is 4.57 Å². The van der Waals surface area contributed by atoms with Crippen molar-refractivity contribution in [3.05, 3.63) is 148 Å². The summed E-state index contributed by atoms with van der Waals surface area (Å²) >= 11 is 0. The zero-order chi connectivity index (χ0) is 27.3. The summed E-state index contributed by atoms with van der Waals surface area (Å²) in [4.78, 5) is 0. The van der Waals surface area contributed by atoms with Gasteiger partial charge in [0.1, 0.15) is 7.05 Å². The summed E-state index contributed by atoms with van der Waals surface area (Å²) in [5.74, 6) is 0.447. The third kappa shape index (κ3) is 3.01. The molecule has 5 aromatic carbocycles. The van der Waals surface area contributed by atoms with Crippen LogP contribution >= 0.6 is 0 Å². The molecule has 0 saturated heterocycles. The highest BCUT2D eigenvalue weighted by Crippen LogP contribution is 2.59. The van der Waals surface area contributed by atoms with Gasteiger partial charge in [-0.05, 0) is 74.2 Å². The Kier molecular flexibility index (Phi) is 4.81. The van der Waals surface area contributed by atoms with Crippen molar-refractivity contribution in [2.24, 2.45) is 7.05 Å². The first kappa shape index (κ1) is 23.6. The standard InChI is InChI=1S/C39H34N/c1-23-24-14-6-7-15-25(24)32(39(2,3)4)22-31(23)38-37-35-28-18-10-8-16-26(28)34(27-17-9-11-19-29(27)35)36(37)30-20-12-13-21-33(30)40(38)5/h6-22,34-35H,1-5H3/q+1. The molecule has 0 spiro atoms. The van der Waals surface area contributed by atoms with Crippen LogP contribution in [0.5, 0.6) is 0 Å². The molecule has 194 valence electrons. The number of rotatable bonds is 1. The summed E-state index contributed by atoms with van der Waals surface area (Å²) in [5, 5.41) is 4.09. The molecule has 6 aromatic rings. The number of para-hydroxylation sites is 1. The lowest BCUT2D eigenvalue weighted by Gasteiger charge is -2.42. The third-order valence-corrected chi connectivity index (χ3v) is 9.63. The molecule has 3 aliphatic rings. The van der Waals surface area contributed by atoms with Crippen LogP contribution in [0, 0.1) is 6.92 Å². The highest BCUT2D eigenvalue weighted by molar-refractivity contribution is 5.97. The Morgan fingerprint density at radius 2 is 1.05 bits per heavy atom. The molecule has 0 unspecified atom stereocenters. The van der Waals surface area contributed by atoms with E-state index in [0.29, 0.717) is 0 Å². The molecule has 1 nitrogen and oxygen atoms in total. The van der Waals surface area contributed by atoms with Crippen molar-refractivity contribution in [2.45, 2.75) is 44.9 Å². The number of aryl methyl sites for hydroxylation is 2. The van der Waals surface area contributed by atoms with Gasteiger partial charge in [0.15, 0.2) is 0 Å². The predicted octanol–water partition coefficient (Wildman–Crippen LogP) is 9.08. The van der Waals surface area contributed by atoms with Crippen molar-refractivity contribution in [3.63, 3.8) is 0 Å². The minimum absolute atomic E-state index is 0.0236. The molecule has 2 bridgehead atoms. The van der Waals surface area contributed by atoms with Crippen LogP contribution in [0.3, 0.4) is 0 Å². The topological polar surface area (TPSA) is 3.88 Å². The Morgan fingerprint density at radius 3 is 1.62 bits per heavy atom. The summed E-state index contributed by atoms with van der Waals surface area (Å²) in [6.07, 6.45) is 0. The normalized spacial score (nSPS) is 17.1. The van der Waals surface area contributed by atoms with E-state index in [1.165, 1.54) is 77.4 Å². The number of fused-ring (bicyclic) bond motifs is 2. The fraction of sp³-hybridized carbons (Fsp3) is 0.205. The zero-order valence-electron chi connectivity index (χ0n) is 23.9. The number of aromatic nitrogens is 1. The molecule has 0 amide bonds. The molecule has 0 atom stereocenters. The van der Waals surface area contributed by atoms with E-state index in [1.807, 2.05) is 0 Å². The Bertz CT molecular complexity index is 1970. The van der Waals surface area contributed by atoms with Crippen molar-refractivity contribution < 1.29 is 4.57 Å². The van der Waals surface area contributed by atoms with Crippen LogP contribution in [0.2, 0.25) is 0 Å². The van der Waals surface area contributed by atoms with Gasteiger partial charge in [-0.25, -0.2) is 0 Å². The van der Waals surface area contributed by atoms with Gasteiger partial charge in [0, 0.05) is 23.5 Å². The summed E-state index contributed by atoms with van der Waals surface area (Å²) < 4.78 is 2.49. The molecule has 0 fully saturated rings. The Labute approximate surface area is 236 Å². The summed E-state index contributed by atoms with van der Waals surface area (Å²) in [6.45, 7) is 9.36. The van der Waals surface area contributed by atoms with Crippen LogP contribution < -0.4 is 4.57 Å². The van der Waals surface area contributed by atoms with E-state index in [1.54, 1.807) is 0 Å². The average Bonchev–Trinajstić information content (AvgIpc) is 2.97. The lowest BCUT2D eigenvalue weighted by Crippen LogP contribution is -2.39. The Balaban J connectivity index is 1.58. The quantitative estimate of drug-likeness (QED) is 0.192. The SMILES string of the molecule is Cc1c(-c2c3c(c4ccccc4[n+]2C)C2c4ccccc4C3c3ccccc32)cc(C(C)(C)C)c2ccccc12. The molecule has 0 radical (unpaired) electrons. The minimum atomic E-state index is 0.0236. The molecule has 0 N–H and O–H groups in total. The van der Waals surface area contributed by atoms with E-state index in [2.05, 4.69) is 142 Å². The van der Waals surface area contributed by atoms with Crippen molar-refractivity contribution in [1.82, 2.24) is 0 Å². The van der Waals surface area contributed by atoms with Crippen LogP contribution in [-0.2, 0) is 12.5 Å². The summed E-state index contributed by atoms with van der Waals surface area (Å²) in [7, 11) is 2.28. The fourth-order valence-electron chi connectivity index (χ4n) is 7.91. The number of hydrogen-bond donors (Lipinski definition) is 0. The first-order chi connectivity index (χ1) is 19.4. The lowest BCUT2D eigenvalue weighted by atomic mass is 9.59. The molecule has 0 aliphatic heterocycles. The van der Waals surface area contributed by atoms with E-state index in [9.17, 15) is 0 Å². The van der Waals surface area contributed by atoms with Gasteiger partial charge in [0.2, 0.25) is 11.2 Å². The molecule has 0 saturated carbocycles. The smallest absolute Gasteiger partial charge is 0.194 e. The molecule has 3 aliphatic carbocycles. The Hall–Kier alpha value is -4.23. The van der Waals surface area contributed by atoms with Crippen molar-refractivity contribution in [3.8, 4) is 11.3 Å². The highest BCUT2D eigenvalue weighted by atomic mass is 14.9.